The smallest absolute Gasteiger partial charge is 0.555 e. The van der Waals surface area contributed by atoms with Crippen molar-refractivity contribution in [2.24, 2.45) is 0 Å². The molecular weight excluding hydrogens is 226 g/mol. The third-order valence-corrected chi connectivity index (χ3v) is 3.07. The van der Waals surface area contributed by atoms with Gasteiger partial charge >= 0.3 is 14.6 Å². The summed E-state index contributed by atoms with van der Waals surface area (Å²) in [5.41, 5.74) is 2.27. The fourth-order valence-corrected chi connectivity index (χ4v) is 2.21. The Morgan fingerprint density at radius 3 is 2.78 bits per heavy atom. The zero-order chi connectivity index (χ0) is 12.4. The number of rotatable bonds is 3. The highest BCUT2D eigenvalue weighted by Crippen LogP contribution is 2.30. The Bertz CT molecular complexity index is 545. The van der Waals surface area contributed by atoms with E-state index in [1.165, 1.54) is 5.46 Å². The molecule has 0 bridgehead atoms. The van der Waals surface area contributed by atoms with Gasteiger partial charge in [0.25, 0.3) is 0 Å². The monoisotopic (exact) mass is 237 g/mol. The first kappa shape index (κ1) is 11.2. The molecule has 1 radical (unpaired) electrons. The minimum absolute atomic E-state index is 0.0644. The Hall–Kier alpha value is -1.87. The maximum atomic E-state index is 8.62. The van der Waals surface area contributed by atoms with E-state index in [0.29, 0.717) is 13.4 Å². The van der Waals surface area contributed by atoms with Gasteiger partial charge in [0.05, 0.1) is 0 Å². The van der Waals surface area contributed by atoms with Crippen LogP contribution in [0.4, 0.5) is 0 Å². The fraction of sp³-hybridized carbons (Fsp3) is 0.0769. The Morgan fingerprint density at radius 1 is 1.17 bits per heavy atom. The topological polar surface area (TPSA) is 38.7 Å². The molecule has 0 spiro atoms. The molecule has 5 heteroatoms. The van der Waals surface area contributed by atoms with E-state index in [0.717, 1.165) is 17.6 Å². The van der Waals surface area contributed by atoms with E-state index >= 15 is 0 Å². The van der Waals surface area contributed by atoms with Crippen LogP contribution in [0.15, 0.2) is 48.5 Å². The summed E-state index contributed by atoms with van der Waals surface area (Å²) in [4.78, 5) is 0. The minimum Gasteiger partial charge on any atom is -0.555 e. The largest absolute Gasteiger partial charge is 0.569 e. The number of fused-ring (bicyclic) bond motifs is 1. The molecule has 0 saturated carbocycles. The molecule has 1 aliphatic rings. The zero-order valence-electron chi connectivity index (χ0n) is 9.74. The average Bonchev–Trinajstić information content (AvgIpc) is 2.83. The van der Waals surface area contributed by atoms with Crippen molar-refractivity contribution in [1.82, 2.24) is 0 Å². The van der Waals surface area contributed by atoms with Crippen molar-refractivity contribution >= 4 is 20.1 Å². The molecule has 1 N–H and O–H groups in total. The van der Waals surface area contributed by atoms with Crippen molar-refractivity contribution in [3.63, 3.8) is 0 Å². The Labute approximate surface area is 107 Å². The van der Waals surface area contributed by atoms with Crippen LogP contribution in [0, 0.1) is 0 Å². The fourth-order valence-electron chi connectivity index (χ4n) is 2.21. The van der Waals surface area contributed by atoms with E-state index in [2.05, 4.69) is 12.1 Å². The van der Waals surface area contributed by atoms with E-state index in [1.807, 2.05) is 30.3 Å². The van der Waals surface area contributed by atoms with Crippen molar-refractivity contribution in [1.29, 1.82) is 0 Å². The summed E-state index contributed by atoms with van der Waals surface area (Å²) in [6, 6.07) is 15.7. The van der Waals surface area contributed by atoms with E-state index < -0.39 is 0 Å². The van der Waals surface area contributed by atoms with Crippen LogP contribution < -0.4 is 14.8 Å². The van der Waals surface area contributed by atoms with Gasteiger partial charge in [-0.2, -0.15) is 0 Å². The van der Waals surface area contributed by atoms with Gasteiger partial charge in [-0.05, 0) is 35.5 Å². The van der Waals surface area contributed by atoms with E-state index in [4.69, 9.17) is 14.3 Å². The van der Waals surface area contributed by atoms with Crippen LogP contribution in [0.2, 0.25) is 0 Å². The second kappa shape index (κ2) is 4.78. The third-order valence-electron chi connectivity index (χ3n) is 3.07. The number of hydrogen-bond donors (Lipinski definition) is 1. The van der Waals surface area contributed by atoms with E-state index in [9.17, 15) is 0 Å². The average molecular weight is 237 g/mol. The van der Waals surface area contributed by atoms with Crippen molar-refractivity contribution in [2.45, 2.75) is 6.32 Å². The highest BCUT2D eigenvalue weighted by molar-refractivity contribution is 6.68. The van der Waals surface area contributed by atoms with Crippen LogP contribution in [-0.2, 0) is 6.32 Å². The van der Waals surface area contributed by atoms with Crippen molar-refractivity contribution in [3.8, 4) is 11.5 Å². The molecule has 18 heavy (non-hydrogen) atoms. The molecule has 1 aliphatic heterocycles. The lowest BCUT2D eigenvalue weighted by molar-refractivity contribution is 0.453. The highest BCUT2D eigenvalue weighted by atomic mass is 16.5. The SMILES string of the molecule is O[B]Oc1ccc2c(c1)CB(c1ccccc1)O2. The molecule has 0 aliphatic carbocycles. The zero-order valence-corrected chi connectivity index (χ0v) is 9.74. The van der Waals surface area contributed by atoms with Crippen LogP contribution in [-0.4, -0.2) is 19.6 Å². The van der Waals surface area contributed by atoms with Crippen molar-refractivity contribution in [3.05, 3.63) is 54.1 Å². The predicted octanol–water partition coefficient (Wildman–Crippen LogP) is 0.965. The van der Waals surface area contributed by atoms with Crippen LogP contribution in [0.1, 0.15) is 5.56 Å². The Morgan fingerprint density at radius 2 is 2.00 bits per heavy atom. The van der Waals surface area contributed by atoms with Gasteiger partial charge in [0.1, 0.15) is 11.5 Å². The quantitative estimate of drug-likeness (QED) is 0.808. The molecule has 3 rings (SSSR count). The Balaban J connectivity index is 1.83. The van der Waals surface area contributed by atoms with E-state index in [1.54, 1.807) is 6.07 Å². The number of hydrogen-bond acceptors (Lipinski definition) is 3. The van der Waals surface area contributed by atoms with Gasteiger partial charge in [-0.1, -0.05) is 30.3 Å². The van der Waals surface area contributed by atoms with Gasteiger partial charge in [-0.25, -0.2) is 0 Å². The second-order valence-electron chi connectivity index (χ2n) is 4.21. The van der Waals surface area contributed by atoms with Crippen LogP contribution in [0.5, 0.6) is 11.5 Å². The lowest BCUT2D eigenvalue weighted by Crippen LogP contribution is -2.34. The predicted molar refractivity (Wildman–Crippen MR) is 71.2 cm³/mol. The molecular formula is C13H11B2O3. The van der Waals surface area contributed by atoms with Crippen LogP contribution in [0.25, 0.3) is 0 Å². The standard InChI is InChI=1S/C13H11B2O3/c16-14-17-12-6-7-13-10(8-12)9-15(18-13)11-4-2-1-3-5-11/h1-8,16H,9H2. The molecule has 0 aromatic heterocycles. The van der Waals surface area contributed by atoms with E-state index in [-0.39, 0.29) is 6.92 Å². The van der Waals surface area contributed by atoms with Crippen LogP contribution in [0.3, 0.4) is 0 Å². The van der Waals surface area contributed by atoms with Crippen molar-refractivity contribution < 1.29 is 14.3 Å². The summed E-state index contributed by atoms with van der Waals surface area (Å²) < 4.78 is 10.8. The molecule has 2 aromatic rings. The van der Waals surface area contributed by atoms with Crippen molar-refractivity contribution in [2.75, 3.05) is 0 Å². The van der Waals surface area contributed by atoms with Gasteiger partial charge in [-0.3, -0.25) is 0 Å². The highest BCUT2D eigenvalue weighted by Gasteiger charge is 2.29. The first-order valence-corrected chi connectivity index (χ1v) is 5.84. The lowest BCUT2D eigenvalue weighted by atomic mass is 9.58. The van der Waals surface area contributed by atoms with Crippen LogP contribution >= 0.6 is 0 Å². The molecule has 0 fully saturated rings. The number of benzene rings is 2. The molecule has 0 unspecified atom stereocenters. The third kappa shape index (κ3) is 2.09. The molecule has 0 atom stereocenters. The molecule has 2 aromatic carbocycles. The summed E-state index contributed by atoms with van der Waals surface area (Å²) in [6.07, 6.45) is 0.821. The Kier molecular flexibility index (Phi) is 2.99. The lowest BCUT2D eigenvalue weighted by Gasteiger charge is -2.06. The molecule has 0 saturated heterocycles. The maximum Gasteiger partial charge on any atom is 0.569 e. The summed E-state index contributed by atoms with van der Waals surface area (Å²) in [5.74, 6) is 1.50. The van der Waals surface area contributed by atoms with Gasteiger partial charge in [0.2, 0.25) is 0 Å². The summed E-state index contributed by atoms with van der Waals surface area (Å²) in [6.45, 7) is 0.0644. The van der Waals surface area contributed by atoms with Gasteiger partial charge in [0, 0.05) is 0 Å². The molecule has 1 heterocycles. The molecule has 87 valence electrons. The first-order chi connectivity index (χ1) is 8.86. The minimum atomic E-state index is 0.0644. The van der Waals surface area contributed by atoms with Gasteiger partial charge in [0.15, 0.2) is 0 Å². The normalized spacial score (nSPS) is 12.8. The second-order valence-corrected chi connectivity index (χ2v) is 4.21. The summed E-state index contributed by atoms with van der Waals surface area (Å²) >= 11 is 0. The summed E-state index contributed by atoms with van der Waals surface area (Å²) in [5, 5.41) is 8.62. The van der Waals surface area contributed by atoms with Gasteiger partial charge in [-0.15, -0.1) is 0 Å². The molecule has 0 amide bonds. The molecule has 3 nitrogen and oxygen atoms in total. The van der Waals surface area contributed by atoms with Gasteiger partial charge < -0.3 is 14.3 Å². The first-order valence-electron chi connectivity index (χ1n) is 5.84. The maximum absolute atomic E-state index is 8.62. The summed E-state index contributed by atoms with van der Waals surface area (Å²) in [7, 11) is 0.687.